The first-order valence-electron chi connectivity index (χ1n) is 6.30. The Kier molecular flexibility index (Phi) is 4.64. The maximum absolute atomic E-state index is 11.6. The summed E-state index contributed by atoms with van der Waals surface area (Å²) < 4.78 is 11.0. The van der Waals surface area contributed by atoms with Crippen LogP contribution in [0.2, 0.25) is 0 Å². The van der Waals surface area contributed by atoms with E-state index in [2.05, 4.69) is 0 Å². The Balaban J connectivity index is 2.31. The quantitative estimate of drug-likeness (QED) is 0.734. The molecule has 112 valence electrons. The van der Waals surface area contributed by atoms with Gasteiger partial charge in [0.2, 0.25) is 0 Å². The lowest BCUT2D eigenvalue weighted by Gasteiger charge is -2.07. The van der Waals surface area contributed by atoms with E-state index in [4.69, 9.17) is 9.79 Å². The Hall–Kier alpha value is -1.46. The second-order valence-corrected chi connectivity index (χ2v) is 7.13. The van der Waals surface area contributed by atoms with E-state index in [1.54, 1.807) is 11.3 Å². The molecule has 0 atom stereocenters. The number of phenolic OH excluding ortho intramolecular Hbond substituents is 1. The van der Waals surface area contributed by atoms with Crippen LogP contribution in [0.4, 0.5) is 0 Å². The summed E-state index contributed by atoms with van der Waals surface area (Å²) in [5, 5.41) is 11.9. The summed E-state index contributed by atoms with van der Waals surface area (Å²) in [6.07, 6.45) is 1.33. The first-order chi connectivity index (χ1) is 9.81. The van der Waals surface area contributed by atoms with Gasteiger partial charge in [-0.3, -0.25) is 9.36 Å². The van der Waals surface area contributed by atoms with Gasteiger partial charge in [-0.05, 0) is 47.2 Å². The number of hydrogen-bond donors (Lipinski definition) is 3. The number of aryl methyl sites for hydroxylation is 1. The number of aromatic hydroxyl groups is 1. The van der Waals surface area contributed by atoms with Crippen molar-refractivity contribution in [1.82, 2.24) is 0 Å². The Labute approximate surface area is 126 Å². The predicted molar refractivity (Wildman–Crippen MR) is 81.0 cm³/mol. The number of carbonyl (C=O) groups excluding carboxylic acids is 1. The zero-order valence-electron chi connectivity index (χ0n) is 11.3. The fourth-order valence-corrected chi connectivity index (χ4v) is 3.39. The molecule has 3 N–H and O–H groups in total. The van der Waals surface area contributed by atoms with Crippen molar-refractivity contribution in [3.05, 3.63) is 51.2 Å². The number of phenols is 1. The van der Waals surface area contributed by atoms with Gasteiger partial charge < -0.3 is 14.9 Å². The summed E-state index contributed by atoms with van der Waals surface area (Å²) in [6.45, 7) is 2.04. The second-order valence-electron chi connectivity index (χ2n) is 4.64. The summed E-state index contributed by atoms with van der Waals surface area (Å²) in [7, 11) is -4.81. The summed E-state index contributed by atoms with van der Waals surface area (Å²) in [5.41, 5.74) is 0.336. The first kappa shape index (κ1) is 15.9. The van der Waals surface area contributed by atoms with Crippen molar-refractivity contribution < 1.29 is 24.3 Å². The summed E-state index contributed by atoms with van der Waals surface area (Å²) >= 11 is 1.55. The molecule has 0 spiro atoms. The van der Waals surface area contributed by atoms with Crippen molar-refractivity contribution in [1.29, 1.82) is 0 Å². The van der Waals surface area contributed by atoms with Gasteiger partial charge in [0.1, 0.15) is 5.75 Å². The van der Waals surface area contributed by atoms with E-state index in [9.17, 15) is 14.5 Å². The third-order valence-electron chi connectivity index (χ3n) is 3.07. The average Bonchev–Trinajstić information content (AvgIpc) is 2.87. The molecule has 0 bridgehead atoms. The van der Waals surface area contributed by atoms with Crippen molar-refractivity contribution in [2.24, 2.45) is 0 Å². The molecule has 0 amide bonds. The van der Waals surface area contributed by atoms with Crippen molar-refractivity contribution in [3.8, 4) is 5.75 Å². The largest absolute Gasteiger partial charge is 0.508 e. The van der Waals surface area contributed by atoms with Crippen LogP contribution in [0.3, 0.4) is 0 Å². The second kappa shape index (κ2) is 6.12. The van der Waals surface area contributed by atoms with Crippen LogP contribution < -0.4 is 0 Å². The fraction of sp³-hybridized carbons (Fsp3) is 0.214. The lowest BCUT2D eigenvalue weighted by molar-refractivity contribution is 0.104. The minimum atomic E-state index is -4.81. The highest BCUT2D eigenvalue weighted by Crippen LogP contribution is 2.39. The van der Waals surface area contributed by atoms with Crippen LogP contribution in [0.1, 0.15) is 33.3 Å². The van der Waals surface area contributed by atoms with Crippen molar-refractivity contribution in [2.75, 3.05) is 0 Å². The monoisotopic (exact) mass is 326 g/mol. The standard InChI is InChI=1S/C14H15O5PS/c1-2-9-5-12(21-8-9)7-11-6-10(3-4-13(11)15)14(16)20(17,18)19/h3-6,8,15H,2,7H2,1H3,(H2,17,18,19). The Morgan fingerprint density at radius 1 is 1.29 bits per heavy atom. The zero-order valence-corrected chi connectivity index (χ0v) is 13.0. The van der Waals surface area contributed by atoms with Gasteiger partial charge >= 0.3 is 7.60 Å². The molecule has 0 aliphatic rings. The molecule has 1 aromatic carbocycles. The first-order valence-corrected chi connectivity index (χ1v) is 8.79. The molecule has 21 heavy (non-hydrogen) atoms. The van der Waals surface area contributed by atoms with Gasteiger partial charge in [-0.15, -0.1) is 11.3 Å². The van der Waals surface area contributed by atoms with E-state index in [0.717, 1.165) is 11.3 Å². The molecule has 0 radical (unpaired) electrons. The van der Waals surface area contributed by atoms with Gasteiger partial charge in [0.05, 0.1) is 0 Å². The highest BCUT2D eigenvalue weighted by Gasteiger charge is 2.27. The molecule has 0 saturated carbocycles. The molecule has 0 unspecified atom stereocenters. The molecular formula is C14H15O5PS. The van der Waals surface area contributed by atoms with Gasteiger partial charge in [-0.2, -0.15) is 0 Å². The van der Waals surface area contributed by atoms with E-state index in [-0.39, 0.29) is 11.3 Å². The van der Waals surface area contributed by atoms with Crippen LogP contribution in [0, 0.1) is 0 Å². The molecule has 1 heterocycles. The molecule has 1 aromatic heterocycles. The zero-order chi connectivity index (χ0) is 15.6. The molecule has 0 aliphatic heterocycles. The Bertz CT molecular complexity index is 716. The van der Waals surface area contributed by atoms with Crippen LogP contribution in [-0.2, 0) is 17.4 Å². The lowest BCUT2D eigenvalue weighted by Crippen LogP contribution is -2.01. The normalized spacial score (nSPS) is 11.6. The van der Waals surface area contributed by atoms with E-state index in [0.29, 0.717) is 12.0 Å². The highest BCUT2D eigenvalue weighted by molar-refractivity contribution is 7.70. The maximum atomic E-state index is 11.6. The Morgan fingerprint density at radius 2 is 2.00 bits per heavy atom. The van der Waals surface area contributed by atoms with Gasteiger partial charge in [0.15, 0.2) is 0 Å². The van der Waals surface area contributed by atoms with Crippen molar-refractivity contribution in [3.63, 3.8) is 0 Å². The van der Waals surface area contributed by atoms with Crippen molar-refractivity contribution in [2.45, 2.75) is 19.8 Å². The van der Waals surface area contributed by atoms with Crippen LogP contribution in [0.25, 0.3) is 0 Å². The predicted octanol–water partition coefficient (Wildman–Crippen LogP) is 2.92. The third-order valence-corrected chi connectivity index (χ3v) is 4.84. The molecule has 0 aliphatic carbocycles. The van der Waals surface area contributed by atoms with Crippen LogP contribution in [0.15, 0.2) is 29.6 Å². The van der Waals surface area contributed by atoms with Gasteiger partial charge in [0, 0.05) is 16.9 Å². The maximum Gasteiger partial charge on any atom is 0.396 e. The van der Waals surface area contributed by atoms with Crippen molar-refractivity contribution >= 4 is 24.5 Å². The van der Waals surface area contributed by atoms with E-state index in [1.807, 2.05) is 18.4 Å². The number of rotatable bonds is 5. The summed E-state index contributed by atoms with van der Waals surface area (Å²) in [5.74, 6) is 0.00344. The molecular weight excluding hydrogens is 311 g/mol. The summed E-state index contributed by atoms with van der Waals surface area (Å²) in [4.78, 5) is 30.5. The smallest absolute Gasteiger partial charge is 0.396 e. The molecule has 2 rings (SSSR count). The lowest BCUT2D eigenvalue weighted by atomic mass is 10.1. The van der Waals surface area contributed by atoms with Gasteiger partial charge in [-0.1, -0.05) is 6.92 Å². The Morgan fingerprint density at radius 3 is 2.57 bits per heavy atom. The van der Waals surface area contributed by atoms with Gasteiger partial charge in [-0.25, -0.2) is 0 Å². The van der Waals surface area contributed by atoms with E-state index >= 15 is 0 Å². The van der Waals surface area contributed by atoms with Crippen LogP contribution >= 0.6 is 18.9 Å². The van der Waals surface area contributed by atoms with Gasteiger partial charge in [0.25, 0.3) is 5.52 Å². The number of carbonyl (C=O) groups is 1. The minimum Gasteiger partial charge on any atom is -0.508 e. The molecule has 5 nitrogen and oxygen atoms in total. The van der Waals surface area contributed by atoms with E-state index < -0.39 is 13.1 Å². The average molecular weight is 326 g/mol. The fourth-order valence-electron chi connectivity index (χ4n) is 1.92. The third kappa shape index (κ3) is 3.80. The highest BCUT2D eigenvalue weighted by atomic mass is 32.1. The minimum absolute atomic E-state index is 0.00344. The van der Waals surface area contributed by atoms with E-state index in [1.165, 1.54) is 23.8 Å². The van der Waals surface area contributed by atoms with Crippen LogP contribution in [-0.4, -0.2) is 20.4 Å². The number of thiophene rings is 1. The summed E-state index contributed by atoms with van der Waals surface area (Å²) in [6, 6.07) is 5.85. The SMILES string of the molecule is CCc1csc(Cc2cc(C(=O)P(=O)(O)O)ccc2O)c1. The van der Waals surface area contributed by atoms with Crippen LogP contribution in [0.5, 0.6) is 5.75 Å². The topological polar surface area (TPSA) is 94.8 Å². The number of benzene rings is 1. The number of hydrogen-bond acceptors (Lipinski definition) is 4. The molecule has 2 aromatic rings. The molecule has 0 saturated heterocycles. The molecule has 7 heteroatoms. The molecule has 0 fully saturated rings.